The summed E-state index contributed by atoms with van der Waals surface area (Å²) < 4.78 is 6.88. The van der Waals surface area contributed by atoms with Gasteiger partial charge >= 0.3 is 0 Å². The number of hydrogen-bond donors (Lipinski definition) is 2. The standard InChI is InChI=1S/C21H15N5O3/c27-18(24-14-5-3-4-13(10-14)16-8-9-23-25-16)11-26-12-22-19-15-6-1-2-7-17(15)29-20(19)21(26)28/h1-10,12H,11H2,(H,23,25)(H,24,27). The van der Waals surface area contributed by atoms with Gasteiger partial charge in [-0.05, 0) is 30.3 Å². The Balaban J connectivity index is 1.40. The predicted molar refractivity (Wildman–Crippen MR) is 108 cm³/mol. The van der Waals surface area contributed by atoms with E-state index in [0.717, 1.165) is 16.6 Å². The Morgan fingerprint density at radius 2 is 2.03 bits per heavy atom. The lowest BCUT2D eigenvalue weighted by molar-refractivity contribution is -0.116. The van der Waals surface area contributed by atoms with Crippen molar-refractivity contribution in [2.75, 3.05) is 5.32 Å². The van der Waals surface area contributed by atoms with Crippen LogP contribution >= 0.6 is 0 Å². The van der Waals surface area contributed by atoms with Gasteiger partial charge in [0.25, 0.3) is 5.56 Å². The molecule has 0 saturated heterocycles. The zero-order valence-corrected chi connectivity index (χ0v) is 15.1. The molecule has 5 rings (SSSR count). The summed E-state index contributed by atoms with van der Waals surface area (Å²) in [6.07, 6.45) is 3.03. The Morgan fingerprint density at radius 1 is 1.14 bits per heavy atom. The normalized spacial score (nSPS) is 11.2. The van der Waals surface area contributed by atoms with E-state index in [4.69, 9.17) is 4.42 Å². The van der Waals surface area contributed by atoms with Crippen LogP contribution in [0.2, 0.25) is 0 Å². The third-order valence-corrected chi connectivity index (χ3v) is 4.62. The first kappa shape index (κ1) is 16.9. The van der Waals surface area contributed by atoms with Gasteiger partial charge in [-0.1, -0.05) is 24.3 Å². The number of carbonyl (C=O) groups is 1. The second kappa shape index (κ2) is 6.75. The number of fused-ring (bicyclic) bond motifs is 3. The molecule has 0 aliphatic rings. The molecular weight excluding hydrogens is 370 g/mol. The number of H-pyrrole nitrogens is 1. The smallest absolute Gasteiger partial charge is 0.297 e. The Labute approximate surface area is 163 Å². The van der Waals surface area contributed by atoms with Gasteiger partial charge in [0.1, 0.15) is 17.6 Å². The SMILES string of the molecule is O=C(Cn1cnc2c(oc3ccccc32)c1=O)Nc1cccc(-c2ccn[nH]2)c1. The number of carbonyl (C=O) groups excluding carboxylic acids is 1. The zero-order chi connectivity index (χ0) is 19.8. The first-order valence-electron chi connectivity index (χ1n) is 8.95. The van der Waals surface area contributed by atoms with Crippen LogP contribution in [0.4, 0.5) is 5.69 Å². The minimum absolute atomic E-state index is 0.141. The zero-order valence-electron chi connectivity index (χ0n) is 15.1. The number of furan rings is 1. The summed E-state index contributed by atoms with van der Waals surface area (Å²) in [5, 5.41) is 10.4. The highest BCUT2D eigenvalue weighted by atomic mass is 16.3. The summed E-state index contributed by atoms with van der Waals surface area (Å²) in [6, 6.07) is 16.5. The Bertz CT molecular complexity index is 1400. The molecule has 29 heavy (non-hydrogen) atoms. The third kappa shape index (κ3) is 3.06. The Kier molecular flexibility index (Phi) is 3.94. The summed E-state index contributed by atoms with van der Waals surface area (Å²) >= 11 is 0. The highest BCUT2D eigenvalue weighted by Gasteiger charge is 2.14. The number of nitrogens with one attached hydrogen (secondary N) is 2. The molecular formula is C21H15N5O3. The van der Waals surface area contributed by atoms with E-state index >= 15 is 0 Å². The monoisotopic (exact) mass is 385 g/mol. The lowest BCUT2D eigenvalue weighted by atomic mass is 10.1. The number of nitrogens with zero attached hydrogens (tertiary/aromatic N) is 3. The summed E-state index contributed by atoms with van der Waals surface area (Å²) in [4.78, 5) is 29.5. The van der Waals surface area contributed by atoms with Crippen LogP contribution in [0, 0.1) is 0 Å². The maximum atomic E-state index is 12.7. The number of para-hydroxylation sites is 1. The quantitative estimate of drug-likeness (QED) is 0.494. The summed E-state index contributed by atoms with van der Waals surface area (Å²) in [7, 11) is 0. The van der Waals surface area contributed by atoms with Crippen molar-refractivity contribution in [1.82, 2.24) is 19.7 Å². The molecule has 0 saturated carbocycles. The van der Waals surface area contributed by atoms with Crippen LogP contribution in [-0.4, -0.2) is 25.7 Å². The second-order valence-corrected chi connectivity index (χ2v) is 6.55. The Hall–Kier alpha value is -4.20. The van der Waals surface area contributed by atoms with Crippen molar-refractivity contribution in [3.63, 3.8) is 0 Å². The van der Waals surface area contributed by atoms with E-state index in [1.807, 2.05) is 42.5 Å². The Morgan fingerprint density at radius 3 is 2.90 bits per heavy atom. The molecule has 3 aromatic heterocycles. The summed E-state index contributed by atoms with van der Waals surface area (Å²) in [5.41, 5.74) is 3.18. The molecule has 1 amide bonds. The summed E-state index contributed by atoms with van der Waals surface area (Å²) in [5.74, 6) is -0.342. The fraction of sp³-hybridized carbons (Fsp3) is 0.0476. The van der Waals surface area contributed by atoms with Crippen molar-refractivity contribution in [2.24, 2.45) is 0 Å². The van der Waals surface area contributed by atoms with Crippen molar-refractivity contribution in [2.45, 2.75) is 6.54 Å². The van der Waals surface area contributed by atoms with Crippen molar-refractivity contribution < 1.29 is 9.21 Å². The van der Waals surface area contributed by atoms with Crippen LogP contribution < -0.4 is 10.9 Å². The molecule has 0 spiro atoms. The highest BCUT2D eigenvalue weighted by Crippen LogP contribution is 2.24. The minimum atomic E-state index is -0.396. The maximum Gasteiger partial charge on any atom is 0.297 e. The van der Waals surface area contributed by atoms with E-state index in [2.05, 4.69) is 20.5 Å². The molecule has 2 aromatic carbocycles. The molecule has 0 atom stereocenters. The first-order chi connectivity index (χ1) is 14.2. The number of anilines is 1. The molecule has 0 fully saturated rings. The third-order valence-electron chi connectivity index (χ3n) is 4.62. The van der Waals surface area contributed by atoms with Gasteiger partial charge in [0.05, 0.1) is 12.0 Å². The van der Waals surface area contributed by atoms with Crippen LogP contribution in [0.15, 0.2) is 76.3 Å². The average Bonchev–Trinajstić information content (AvgIpc) is 3.39. The van der Waals surface area contributed by atoms with E-state index < -0.39 is 5.56 Å². The topological polar surface area (TPSA) is 106 Å². The van der Waals surface area contributed by atoms with Gasteiger partial charge in [0, 0.05) is 22.8 Å². The lowest BCUT2D eigenvalue weighted by Gasteiger charge is -2.08. The average molecular weight is 385 g/mol. The number of aromatic nitrogens is 4. The molecule has 0 radical (unpaired) electrons. The van der Waals surface area contributed by atoms with Crippen LogP contribution in [0.3, 0.4) is 0 Å². The van der Waals surface area contributed by atoms with Gasteiger partial charge in [-0.25, -0.2) is 4.98 Å². The van der Waals surface area contributed by atoms with Gasteiger partial charge in [-0.2, -0.15) is 5.10 Å². The van der Waals surface area contributed by atoms with Crippen LogP contribution in [-0.2, 0) is 11.3 Å². The van der Waals surface area contributed by atoms with Crippen molar-refractivity contribution in [3.05, 3.63) is 77.5 Å². The molecule has 0 unspecified atom stereocenters. The maximum absolute atomic E-state index is 12.7. The largest absolute Gasteiger partial charge is 0.448 e. The molecule has 8 nitrogen and oxygen atoms in total. The van der Waals surface area contributed by atoms with Gasteiger partial charge < -0.3 is 9.73 Å². The molecule has 5 aromatic rings. The number of rotatable bonds is 4. The lowest BCUT2D eigenvalue weighted by Crippen LogP contribution is -2.27. The number of amides is 1. The van der Waals surface area contributed by atoms with E-state index in [0.29, 0.717) is 16.8 Å². The molecule has 0 aliphatic carbocycles. The van der Waals surface area contributed by atoms with Crippen LogP contribution in [0.5, 0.6) is 0 Å². The number of hydrogen-bond acceptors (Lipinski definition) is 5. The van der Waals surface area contributed by atoms with E-state index in [1.165, 1.54) is 10.9 Å². The fourth-order valence-corrected chi connectivity index (χ4v) is 3.26. The van der Waals surface area contributed by atoms with Crippen molar-refractivity contribution in [1.29, 1.82) is 0 Å². The van der Waals surface area contributed by atoms with Crippen molar-refractivity contribution >= 4 is 33.7 Å². The molecule has 3 heterocycles. The van der Waals surface area contributed by atoms with Crippen LogP contribution in [0.25, 0.3) is 33.3 Å². The second-order valence-electron chi connectivity index (χ2n) is 6.55. The van der Waals surface area contributed by atoms with Gasteiger partial charge in [0.15, 0.2) is 0 Å². The van der Waals surface area contributed by atoms with E-state index in [9.17, 15) is 9.59 Å². The number of aromatic amines is 1. The molecule has 0 bridgehead atoms. The minimum Gasteiger partial charge on any atom is -0.448 e. The predicted octanol–water partition coefficient (Wildman–Crippen LogP) is 3.17. The molecule has 142 valence electrons. The van der Waals surface area contributed by atoms with Gasteiger partial charge in [-0.15, -0.1) is 0 Å². The fourth-order valence-electron chi connectivity index (χ4n) is 3.26. The molecule has 0 aliphatic heterocycles. The summed E-state index contributed by atoms with van der Waals surface area (Å²) in [6.45, 7) is -0.174. The number of benzene rings is 2. The van der Waals surface area contributed by atoms with E-state index in [1.54, 1.807) is 18.3 Å². The first-order valence-corrected chi connectivity index (χ1v) is 8.95. The molecule has 2 N–H and O–H groups in total. The van der Waals surface area contributed by atoms with Gasteiger partial charge in [-0.3, -0.25) is 19.3 Å². The van der Waals surface area contributed by atoms with Crippen molar-refractivity contribution in [3.8, 4) is 11.3 Å². The van der Waals surface area contributed by atoms with E-state index in [-0.39, 0.29) is 18.0 Å². The highest BCUT2D eigenvalue weighted by molar-refractivity contribution is 6.01. The molecule has 8 heteroatoms. The van der Waals surface area contributed by atoms with Gasteiger partial charge in [0.2, 0.25) is 11.5 Å². The van der Waals surface area contributed by atoms with Crippen LogP contribution in [0.1, 0.15) is 0 Å².